The van der Waals surface area contributed by atoms with Crippen LogP contribution < -0.4 is 61.9 Å². The SMILES string of the molecule is c1ccc(N(c2ccccc2)c2cc3c4c(c2)N(c2ccccc2)c2ccccc2B4c2cc4c(c(-c5ccc6c(c5)oc5ccccc56)c2O3)Oc2cc(N(c3ccccc3)c3ccccc3)cc3c2B4c2ccccc2N3c2ccccc2)cc1. The van der Waals surface area contributed by atoms with Gasteiger partial charge in [-0.25, -0.2) is 0 Å². The standard InChI is InChI=1S/C78H50B2N4O3/c1-7-25-52(26-8-1)81(53-27-9-2-10-28-53)58-46-68-75-72(48-58)86-77-64(79(75)62-38-20-22-40-66(62)83(68)56-33-15-5-16-34-56)50-65-78(74(77)51-43-44-61-60-37-19-24-42-70(60)85-71(61)45-51)87-73-49-59(82(54-29-11-3-12-30-54)55-31-13-4-14-32-55)47-69-76(73)80(65)63-39-21-23-41-67(63)84(69)57-35-17-6-18-36-57/h1-50H. The monoisotopic (exact) mass is 1110 g/mol. The molecule has 13 aromatic carbocycles. The molecule has 0 saturated carbocycles. The summed E-state index contributed by atoms with van der Waals surface area (Å²) in [7, 11) is 0. The van der Waals surface area contributed by atoms with E-state index in [9.17, 15) is 0 Å². The molecule has 4 aliphatic rings. The molecule has 5 heterocycles. The largest absolute Gasteiger partial charge is 0.457 e. The first kappa shape index (κ1) is 49.1. The van der Waals surface area contributed by atoms with E-state index in [0.717, 1.165) is 146 Å². The number of para-hydroxylation sites is 9. The van der Waals surface area contributed by atoms with Gasteiger partial charge in [-0.2, -0.15) is 0 Å². The summed E-state index contributed by atoms with van der Waals surface area (Å²) in [5, 5.41) is 2.11. The maximum Gasteiger partial charge on any atom is 0.256 e. The van der Waals surface area contributed by atoms with Crippen LogP contribution in [0, 0.1) is 0 Å². The van der Waals surface area contributed by atoms with Crippen LogP contribution in [0.1, 0.15) is 0 Å². The summed E-state index contributed by atoms with van der Waals surface area (Å²) in [5.41, 5.74) is 22.5. The Balaban J connectivity index is 0.948. The van der Waals surface area contributed by atoms with E-state index in [1.807, 2.05) is 12.1 Å². The van der Waals surface area contributed by atoms with Crippen molar-refractivity contribution in [3.8, 4) is 34.1 Å². The summed E-state index contributed by atoms with van der Waals surface area (Å²) in [4.78, 5) is 9.53. The molecule has 406 valence electrons. The second-order valence-corrected chi connectivity index (χ2v) is 22.7. The van der Waals surface area contributed by atoms with Gasteiger partial charge < -0.3 is 33.5 Å². The Morgan fingerprint density at radius 1 is 0.287 bits per heavy atom. The lowest BCUT2D eigenvalue weighted by molar-refractivity contribution is 0.469. The maximum absolute atomic E-state index is 7.94. The van der Waals surface area contributed by atoms with Crippen LogP contribution in [0.5, 0.6) is 23.0 Å². The van der Waals surface area contributed by atoms with Crippen LogP contribution in [0.15, 0.2) is 308 Å². The Kier molecular flexibility index (Phi) is 11.0. The fraction of sp³-hybridized carbons (Fsp3) is 0. The maximum atomic E-state index is 7.94. The molecule has 0 radical (unpaired) electrons. The van der Waals surface area contributed by atoms with Gasteiger partial charge in [0, 0.05) is 79.8 Å². The molecule has 9 heteroatoms. The lowest BCUT2D eigenvalue weighted by Gasteiger charge is -2.43. The van der Waals surface area contributed by atoms with Gasteiger partial charge >= 0.3 is 0 Å². The van der Waals surface area contributed by atoms with E-state index in [1.165, 1.54) is 10.9 Å². The number of hydrogen-bond acceptors (Lipinski definition) is 7. The van der Waals surface area contributed by atoms with E-state index in [-0.39, 0.29) is 13.4 Å². The Morgan fingerprint density at radius 2 is 0.678 bits per heavy atom. The van der Waals surface area contributed by atoms with Crippen molar-refractivity contribution in [2.45, 2.75) is 0 Å². The minimum atomic E-state index is -0.266. The van der Waals surface area contributed by atoms with Gasteiger partial charge in [0.25, 0.3) is 13.4 Å². The summed E-state index contributed by atoms with van der Waals surface area (Å²) in [6.45, 7) is -0.531. The van der Waals surface area contributed by atoms with Gasteiger partial charge in [0.2, 0.25) is 0 Å². The van der Waals surface area contributed by atoms with Crippen molar-refractivity contribution in [2.75, 3.05) is 19.6 Å². The van der Waals surface area contributed by atoms with Crippen LogP contribution in [0.2, 0.25) is 0 Å². The van der Waals surface area contributed by atoms with Crippen molar-refractivity contribution in [1.82, 2.24) is 0 Å². The highest BCUT2D eigenvalue weighted by Gasteiger charge is 2.49. The van der Waals surface area contributed by atoms with E-state index in [4.69, 9.17) is 13.9 Å². The number of nitrogens with zero attached hydrogens (tertiary/aromatic N) is 4. The van der Waals surface area contributed by atoms with Crippen molar-refractivity contribution < 1.29 is 13.9 Å². The summed E-state index contributed by atoms with van der Waals surface area (Å²) in [6, 6.07) is 109. The van der Waals surface area contributed by atoms with Crippen molar-refractivity contribution >= 4 is 136 Å². The molecule has 0 bridgehead atoms. The first-order valence-electron chi connectivity index (χ1n) is 29.7. The lowest BCUT2D eigenvalue weighted by atomic mass is 9.30. The summed E-state index contributed by atoms with van der Waals surface area (Å²) < 4.78 is 22.7. The topological polar surface area (TPSA) is 44.6 Å². The van der Waals surface area contributed by atoms with Gasteiger partial charge in [0.05, 0.1) is 16.9 Å². The van der Waals surface area contributed by atoms with Crippen LogP contribution in [-0.4, -0.2) is 13.4 Å². The van der Waals surface area contributed by atoms with E-state index in [2.05, 4.69) is 311 Å². The van der Waals surface area contributed by atoms with E-state index < -0.39 is 0 Å². The number of furan rings is 1. The molecule has 0 aliphatic carbocycles. The predicted octanol–water partition coefficient (Wildman–Crippen LogP) is 17.0. The first-order valence-corrected chi connectivity index (χ1v) is 29.7. The summed E-state index contributed by atoms with van der Waals surface area (Å²) in [5.74, 6) is 3.01. The molecule has 87 heavy (non-hydrogen) atoms. The lowest BCUT2D eigenvalue weighted by Crippen LogP contribution is -2.63. The first-order chi connectivity index (χ1) is 43.2. The minimum absolute atomic E-state index is 0.266. The second kappa shape index (κ2) is 19.6. The van der Waals surface area contributed by atoms with Crippen LogP contribution >= 0.6 is 0 Å². The third kappa shape index (κ3) is 7.66. The quantitative estimate of drug-likeness (QED) is 0.133. The molecule has 7 nitrogen and oxygen atoms in total. The molecular weight excluding hydrogens is 1060 g/mol. The van der Waals surface area contributed by atoms with Gasteiger partial charge in [0.15, 0.2) is 0 Å². The fourth-order valence-electron chi connectivity index (χ4n) is 14.3. The number of hydrogen-bond donors (Lipinski definition) is 0. The van der Waals surface area contributed by atoms with Crippen LogP contribution in [0.25, 0.3) is 33.1 Å². The molecule has 0 saturated heterocycles. The zero-order chi connectivity index (χ0) is 57.1. The average Bonchev–Trinajstić information content (AvgIpc) is 1.00. The molecule has 0 spiro atoms. The van der Waals surface area contributed by atoms with E-state index in [0.29, 0.717) is 0 Å². The summed E-state index contributed by atoms with van der Waals surface area (Å²) >= 11 is 0. The molecular formula is C78H50B2N4O3. The van der Waals surface area contributed by atoms with Gasteiger partial charge in [-0.05, 0) is 154 Å². The fourth-order valence-corrected chi connectivity index (χ4v) is 14.3. The van der Waals surface area contributed by atoms with Gasteiger partial charge in [-0.1, -0.05) is 176 Å². The van der Waals surface area contributed by atoms with Gasteiger partial charge in [-0.15, -0.1) is 0 Å². The minimum Gasteiger partial charge on any atom is -0.457 e. The molecule has 18 rings (SSSR count). The van der Waals surface area contributed by atoms with Crippen molar-refractivity contribution in [2.24, 2.45) is 0 Å². The molecule has 14 aromatic rings. The molecule has 0 N–H and O–H groups in total. The highest BCUT2D eigenvalue weighted by molar-refractivity contribution is 7.02. The number of rotatable bonds is 9. The molecule has 0 atom stereocenters. The highest BCUT2D eigenvalue weighted by Crippen LogP contribution is 2.52. The Bertz CT molecular complexity index is 4690. The number of fused-ring (bicyclic) bond motifs is 11. The Morgan fingerprint density at radius 3 is 1.14 bits per heavy atom. The molecule has 0 unspecified atom stereocenters. The Hall–Kier alpha value is -11.4. The number of anilines is 12. The zero-order valence-corrected chi connectivity index (χ0v) is 47.0. The highest BCUT2D eigenvalue weighted by atomic mass is 16.5. The number of ether oxygens (including phenoxy) is 2. The molecule has 4 aliphatic heterocycles. The van der Waals surface area contributed by atoms with Gasteiger partial charge in [-0.3, -0.25) is 0 Å². The Labute approximate surface area is 504 Å². The number of benzene rings is 13. The second-order valence-electron chi connectivity index (χ2n) is 22.7. The van der Waals surface area contributed by atoms with Gasteiger partial charge in [0.1, 0.15) is 34.2 Å². The van der Waals surface area contributed by atoms with Crippen LogP contribution in [0.3, 0.4) is 0 Å². The van der Waals surface area contributed by atoms with Crippen LogP contribution in [0.4, 0.5) is 68.2 Å². The zero-order valence-electron chi connectivity index (χ0n) is 47.0. The molecule has 0 amide bonds. The summed E-state index contributed by atoms with van der Waals surface area (Å²) in [6.07, 6.45) is 0. The van der Waals surface area contributed by atoms with E-state index in [1.54, 1.807) is 0 Å². The average molecular weight is 1110 g/mol. The van der Waals surface area contributed by atoms with Crippen molar-refractivity contribution in [3.63, 3.8) is 0 Å². The van der Waals surface area contributed by atoms with E-state index >= 15 is 0 Å². The molecule has 1 aromatic heterocycles. The molecule has 0 fully saturated rings. The third-order valence-electron chi connectivity index (χ3n) is 17.9. The van der Waals surface area contributed by atoms with Crippen molar-refractivity contribution in [1.29, 1.82) is 0 Å². The normalized spacial score (nSPS) is 12.9. The van der Waals surface area contributed by atoms with Crippen LogP contribution in [-0.2, 0) is 0 Å². The smallest absolute Gasteiger partial charge is 0.256 e. The van der Waals surface area contributed by atoms with Crippen molar-refractivity contribution in [3.05, 3.63) is 303 Å². The third-order valence-corrected chi connectivity index (χ3v) is 17.9. The predicted molar refractivity (Wildman–Crippen MR) is 360 cm³/mol.